The molecule has 17 heavy (non-hydrogen) atoms. The van der Waals surface area contributed by atoms with Crippen LogP contribution in [0.1, 0.15) is 13.3 Å². The maximum absolute atomic E-state index is 12.3. The molecule has 0 radical (unpaired) electrons. The second kappa shape index (κ2) is 5.27. The van der Waals surface area contributed by atoms with E-state index in [0.717, 1.165) is 26.1 Å². The van der Waals surface area contributed by atoms with Crippen LogP contribution in [0.3, 0.4) is 0 Å². The van der Waals surface area contributed by atoms with Crippen molar-refractivity contribution in [2.75, 3.05) is 26.7 Å². The summed E-state index contributed by atoms with van der Waals surface area (Å²) in [7, 11) is 2.10. The summed E-state index contributed by atoms with van der Waals surface area (Å²) < 4.78 is 0. The van der Waals surface area contributed by atoms with Crippen molar-refractivity contribution >= 4 is 12.1 Å². The van der Waals surface area contributed by atoms with Crippen LogP contribution in [0.15, 0.2) is 28.9 Å². The minimum absolute atomic E-state index is 0.0601. The fourth-order valence-electron chi connectivity index (χ4n) is 2.03. The molecule has 1 saturated heterocycles. The molecule has 0 aromatic heterocycles. The van der Waals surface area contributed by atoms with Crippen LogP contribution >= 0.6 is 0 Å². The Bertz CT molecular complexity index is 384. The first-order valence-electron chi connectivity index (χ1n) is 6.07. The van der Waals surface area contributed by atoms with E-state index in [2.05, 4.69) is 23.9 Å². The zero-order valence-corrected chi connectivity index (χ0v) is 10.5. The third kappa shape index (κ3) is 2.82. The van der Waals surface area contributed by atoms with Crippen molar-refractivity contribution in [1.82, 2.24) is 9.80 Å². The number of allylic oxidation sites excluding steroid dienone is 3. The smallest absolute Gasteiger partial charge is 0.272 e. The first-order valence-corrected chi connectivity index (χ1v) is 6.07. The molecule has 0 bridgehead atoms. The molecule has 2 heterocycles. The first-order chi connectivity index (χ1) is 8.18. The lowest BCUT2D eigenvalue weighted by atomic mass is 10.2. The van der Waals surface area contributed by atoms with Gasteiger partial charge >= 0.3 is 0 Å². The molecular formula is C13H19N3O. The molecule has 0 N–H and O–H groups in total. The van der Waals surface area contributed by atoms with Gasteiger partial charge in [0.25, 0.3) is 5.91 Å². The largest absolute Gasteiger partial charge is 0.334 e. The van der Waals surface area contributed by atoms with Gasteiger partial charge in [-0.2, -0.15) is 0 Å². The molecule has 2 rings (SSSR count). The molecule has 92 valence electrons. The SMILES string of the molecule is C[C@@H]1CN(C(=O)C2=CCC=CC=N2)CCN1C. The topological polar surface area (TPSA) is 35.9 Å². The van der Waals surface area contributed by atoms with Gasteiger partial charge in [-0.3, -0.25) is 9.79 Å². The fraction of sp³-hybridized carbons (Fsp3) is 0.538. The highest BCUT2D eigenvalue weighted by molar-refractivity contribution is 5.95. The van der Waals surface area contributed by atoms with Crippen LogP contribution in [0, 0.1) is 0 Å². The van der Waals surface area contributed by atoms with Crippen LogP contribution < -0.4 is 0 Å². The Hall–Kier alpha value is -1.42. The van der Waals surface area contributed by atoms with Crippen LogP contribution in [0.2, 0.25) is 0 Å². The van der Waals surface area contributed by atoms with E-state index in [1.165, 1.54) is 0 Å². The van der Waals surface area contributed by atoms with Crippen molar-refractivity contribution in [3.63, 3.8) is 0 Å². The Labute approximate surface area is 102 Å². The summed E-state index contributed by atoms with van der Waals surface area (Å²) in [5, 5.41) is 0. The van der Waals surface area contributed by atoms with Gasteiger partial charge < -0.3 is 9.80 Å². The average Bonchev–Trinajstić information content (AvgIpc) is 2.60. The molecule has 2 aliphatic rings. The standard InChI is InChI=1S/C13H19N3O/c1-11-10-16(9-8-15(11)2)13(17)12-6-4-3-5-7-14-12/h3,5-7,11H,4,8-10H2,1-2H3/t11-/m1/s1. The number of hydrogen-bond donors (Lipinski definition) is 0. The van der Waals surface area contributed by atoms with Gasteiger partial charge in [0.2, 0.25) is 0 Å². The molecular weight excluding hydrogens is 214 g/mol. The van der Waals surface area contributed by atoms with Gasteiger partial charge in [0, 0.05) is 31.9 Å². The molecule has 1 amide bonds. The lowest BCUT2D eigenvalue weighted by Crippen LogP contribution is -2.52. The van der Waals surface area contributed by atoms with Gasteiger partial charge in [0.1, 0.15) is 5.70 Å². The van der Waals surface area contributed by atoms with Gasteiger partial charge in [0.05, 0.1) is 0 Å². The Balaban J connectivity index is 2.03. The molecule has 2 aliphatic heterocycles. The van der Waals surface area contributed by atoms with Gasteiger partial charge in [-0.25, -0.2) is 0 Å². The summed E-state index contributed by atoms with van der Waals surface area (Å²) in [5.74, 6) is 0.0601. The van der Waals surface area contributed by atoms with Crippen LogP contribution in [0.4, 0.5) is 0 Å². The number of aliphatic imine (C=N–C) groups is 1. The second-order valence-electron chi connectivity index (χ2n) is 4.61. The summed E-state index contributed by atoms with van der Waals surface area (Å²) in [4.78, 5) is 20.6. The molecule has 0 spiro atoms. The number of carbonyl (C=O) groups is 1. The maximum Gasteiger partial charge on any atom is 0.272 e. The molecule has 0 saturated carbocycles. The average molecular weight is 233 g/mol. The van der Waals surface area contributed by atoms with Crippen molar-refractivity contribution in [2.24, 2.45) is 4.99 Å². The van der Waals surface area contributed by atoms with E-state index in [1.807, 2.05) is 23.1 Å². The summed E-state index contributed by atoms with van der Waals surface area (Å²) in [6.07, 6.45) is 8.24. The number of nitrogens with zero attached hydrogens (tertiary/aromatic N) is 3. The van der Waals surface area contributed by atoms with Crippen LogP contribution in [0.25, 0.3) is 0 Å². The Morgan fingerprint density at radius 2 is 2.29 bits per heavy atom. The molecule has 0 aliphatic carbocycles. The Morgan fingerprint density at radius 1 is 1.47 bits per heavy atom. The van der Waals surface area contributed by atoms with E-state index in [-0.39, 0.29) is 5.91 Å². The highest BCUT2D eigenvalue weighted by atomic mass is 16.2. The van der Waals surface area contributed by atoms with Gasteiger partial charge in [-0.05, 0) is 32.5 Å². The molecule has 4 nitrogen and oxygen atoms in total. The lowest BCUT2D eigenvalue weighted by molar-refractivity contribution is -0.129. The predicted molar refractivity (Wildman–Crippen MR) is 69.0 cm³/mol. The Morgan fingerprint density at radius 3 is 3.06 bits per heavy atom. The van der Waals surface area contributed by atoms with Crippen LogP contribution in [-0.4, -0.2) is 54.6 Å². The van der Waals surface area contributed by atoms with Crippen LogP contribution in [0.5, 0.6) is 0 Å². The number of likely N-dealkylation sites (N-methyl/N-ethyl adjacent to an activating group) is 1. The Kier molecular flexibility index (Phi) is 3.74. The van der Waals surface area contributed by atoms with Crippen molar-refractivity contribution in [2.45, 2.75) is 19.4 Å². The number of piperazine rings is 1. The minimum Gasteiger partial charge on any atom is -0.334 e. The lowest BCUT2D eigenvalue weighted by Gasteiger charge is -2.37. The van der Waals surface area contributed by atoms with Crippen molar-refractivity contribution in [3.05, 3.63) is 23.9 Å². The van der Waals surface area contributed by atoms with E-state index in [1.54, 1.807) is 6.21 Å². The van der Waals surface area contributed by atoms with E-state index in [9.17, 15) is 4.79 Å². The van der Waals surface area contributed by atoms with Crippen LogP contribution in [-0.2, 0) is 4.79 Å². The van der Waals surface area contributed by atoms with Gasteiger partial charge in [-0.1, -0.05) is 6.08 Å². The first kappa shape index (κ1) is 12.0. The van der Waals surface area contributed by atoms with Crippen molar-refractivity contribution in [1.29, 1.82) is 0 Å². The summed E-state index contributed by atoms with van der Waals surface area (Å²) >= 11 is 0. The quantitative estimate of drug-likeness (QED) is 0.679. The molecule has 4 heteroatoms. The van der Waals surface area contributed by atoms with Gasteiger partial charge in [0.15, 0.2) is 0 Å². The second-order valence-corrected chi connectivity index (χ2v) is 4.61. The number of amides is 1. The molecule has 0 aromatic carbocycles. The number of rotatable bonds is 1. The highest BCUT2D eigenvalue weighted by Gasteiger charge is 2.25. The summed E-state index contributed by atoms with van der Waals surface area (Å²) in [6, 6.07) is 0.418. The van der Waals surface area contributed by atoms with E-state index >= 15 is 0 Å². The summed E-state index contributed by atoms with van der Waals surface area (Å²) in [6.45, 7) is 4.66. The van der Waals surface area contributed by atoms with E-state index in [0.29, 0.717) is 11.7 Å². The van der Waals surface area contributed by atoms with Crippen molar-refractivity contribution < 1.29 is 4.79 Å². The normalized spacial score (nSPS) is 25.6. The zero-order valence-electron chi connectivity index (χ0n) is 10.5. The molecule has 1 fully saturated rings. The third-order valence-corrected chi connectivity index (χ3v) is 3.35. The van der Waals surface area contributed by atoms with Gasteiger partial charge in [-0.15, -0.1) is 0 Å². The third-order valence-electron chi connectivity index (χ3n) is 3.35. The van der Waals surface area contributed by atoms with E-state index in [4.69, 9.17) is 0 Å². The molecule has 1 atom stereocenters. The monoisotopic (exact) mass is 233 g/mol. The highest BCUT2D eigenvalue weighted by Crippen LogP contribution is 2.13. The fourth-order valence-corrected chi connectivity index (χ4v) is 2.03. The zero-order chi connectivity index (χ0) is 12.3. The molecule has 0 aromatic rings. The van der Waals surface area contributed by atoms with E-state index < -0.39 is 0 Å². The van der Waals surface area contributed by atoms with Crippen molar-refractivity contribution in [3.8, 4) is 0 Å². The maximum atomic E-state index is 12.3. The number of carbonyl (C=O) groups excluding carboxylic acids is 1. The molecule has 0 unspecified atom stereocenters. The minimum atomic E-state index is 0.0601. The number of hydrogen-bond acceptors (Lipinski definition) is 3. The predicted octanol–water partition coefficient (Wildman–Crippen LogP) is 1.06. The summed E-state index contributed by atoms with van der Waals surface area (Å²) in [5.41, 5.74) is 0.576.